The quantitative estimate of drug-likeness (QED) is 0.535. The summed E-state index contributed by atoms with van der Waals surface area (Å²) in [6.07, 6.45) is 1.92. The maximum Gasteiger partial charge on any atom is 0.136 e. The lowest BCUT2D eigenvalue weighted by Crippen LogP contribution is -2.20. The van der Waals surface area contributed by atoms with Crippen LogP contribution in [0, 0.1) is 5.82 Å². The van der Waals surface area contributed by atoms with Crippen molar-refractivity contribution in [2.75, 3.05) is 7.05 Å². The lowest BCUT2D eigenvalue weighted by molar-refractivity contribution is 0.539. The van der Waals surface area contributed by atoms with E-state index < -0.39 is 0 Å². The van der Waals surface area contributed by atoms with Gasteiger partial charge in [0.25, 0.3) is 0 Å². The number of hydrogen-bond acceptors (Lipinski definition) is 4. The van der Waals surface area contributed by atoms with Gasteiger partial charge in [0, 0.05) is 27.6 Å². The smallest absolute Gasteiger partial charge is 0.136 e. The van der Waals surface area contributed by atoms with E-state index in [0.717, 1.165) is 27.6 Å². The monoisotopic (exact) mass is 444 g/mol. The first kappa shape index (κ1) is 23.8. The van der Waals surface area contributed by atoms with Gasteiger partial charge in [-0.15, -0.1) is 0 Å². The summed E-state index contributed by atoms with van der Waals surface area (Å²) in [4.78, 5) is 0. The number of benzene rings is 2. The van der Waals surface area contributed by atoms with Gasteiger partial charge in [0.1, 0.15) is 17.0 Å². The predicted octanol–water partition coefficient (Wildman–Crippen LogP) is 5.15. The Labute approximate surface area is 187 Å². The molecule has 0 atom stereocenters. The molecule has 6 heteroatoms. The molecule has 3 rings (SSSR count). The van der Waals surface area contributed by atoms with Crippen LogP contribution in [-0.4, -0.2) is 11.4 Å². The summed E-state index contributed by atoms with van der Waals surface area (Å²) >= 11 is 10.6. The Hall–Kier alpha value is -2.47. The Morgan fingerprint density at radius 2 is 1.73 bits per heavy atom. The Kier molecular flexibility index (Phi) is 8.78. The fourth-order valence-electron chi connectivity index (χ4n) is 2.77. The SMILES string of the molecule is C=c1cc(-c2ccc(F)cc2)o/c1=C/C(=C(C)C)N(S)Cc1ccc(Cl)cc1.CN. The average Bonchev–Trinajstić information content (AvgIpc) is 3.10. The third-order valence-corrected chi connectivity index (χ3v) is 4.88. The number of allylic oxidation sites excluding steroid dienone is 2. The molecule has 3 nitrogen and oxygen atoms in total. The minimum Gasteiger partial charge on any atom is -0.456 e. The molecule has 0 aliphatic rings. The topological polar surface area (TPSA) is 42.4 Å². The summed E-state index contributed by atoms with van der Waals surface area (Å²) < 4.78 is 21.0. The van der Waals surface area contributed by atoms with E-state index >= 15 is 0 Å². The van der Waals surface area contributed by atoms with E-state index in [2.05, 4.69) is 25.1 Å². The second kappa shape index (κ2) is 11.1. The van der Waals surface area contributed by atoms with Crippen LogP contribution in [0.25, 0.3) is 24.0 Å². The molecule has 158 valence electrons. The molecule has 30 heavy (non-hydrogen) atoms. The minimum atomic E-state index is -0.281. The van der Waals surface area contributed by atoms with Crippen molar-refractivity contribution in [3.05, 3.63) is 92.9 Å². The minimum absolute atomic E-state index is 0.281. The molecule has 2 N–H and O–H groups in total. The normalized spacial score (nSPS) is 11.0. The van der Waals surface area contributed by atoms with Crippen LogP contribution >= 0.6 is 24.4 Å². The third-order valence-electron chi connectivity index (χ3n) is 4.27. The van der Waals surface area contributed by atoms with Crippen LogP contribution in [0.4, 0.5) is 4.39 Å². The van der Waals surface area contributed by atoms with Crippen molar-refractivity contribution in [1.29, 1.82) is 0 Å². The zero-order valence-electron chi connectivity index (χ0n) is 17.3. The molecular formula is C24H26ClFN2OS. The number of hydrogen-bond donors (Lipinski definition) is 2. The molecule has 0 aliphatic carbocycles. The van der Waals surface area contributed by atoms with E-state index in [0.29, 0.717) is 22.7 Å². The van der Waals surface area contributed by atoms with E-state index in [4.69, 9.17) is 16.0 Å². The molecule has 0 bridgehead atoms. The van der Waals surface area contributed by atoms with E-state index in [1.54, 1.807) is 12.1 Å². The van der Waals surface area contributed by atoms with Crippen LogP contribution in [0.15, 0.2) is 70.3 Å². The standard InChI is InChI=1S/C23H21ClFNOS.CH5N/c1-15(2)21(26(28)14-17-4-8-19(24)9-5-17)13-22-16(3)12-23(27-22)18-6-10-20(25)11-7-18;1-2/h4-13,28H,3,14H2,1-2H3;2H2,1H3/b22-13+;. The summed E-state index contributed by atoms with van der Waals surface area (Å²) in [5, 5.41) is 1.46. The van der Waals surface area contributed by atoms with Crippen molar-refractivity contribution in [2.45, 2.75) is 20.4 Å². The summed E-state index contributed by atoms with van der Waals surface area (Å²) in [5.41, 5.74) is 9.04. The Morgan fingerprint density at radius 1 is 1.13 bits per heavy atom. The highest BCUT2D eigenvalue weighted by Crippen LogP contribution is 2.20. The Bertz CT molecular complexity index is 1100. The number of thiol groups is 1. The second-order valence-corrected chi connectivity index (χ2v) is 7.64. The summed E-state index contributed by atoms with van der Waals surface area (Å²) in [6, 6.07) is 15.7. The molecule has 0 radical (unpaired) electrons. The number of nitrogens with zero attached hydrogens (tertiary/aromatic N) is 1. The molecule has 1 aromatic heterocycles. The van der Waals surface area contributed by atoms with Crippen LogP contribution in [0.2, 0.25) is 5.02 Å². The molecular weight excluding hydrogens is 419 g/mol. The van der Waals surface area contributed by atoms with Crippen molar-refractivity contribution < 1.29 is 8.81 Å². The van der Waals surface area contributed by atoms with Gasteiger partial charge in [-0.1, -0.05) is 48.7 Å². The lowest BCUT2D eigenvalue weighted by atomic mass is 10.1. The highest BCUT2D eigenvalue weighted by Gasteiger charge is 2.09. The van der Waals surface area contributed by atoms with Crippen LogP contribution in [-0.2, 0) is 6.54 Å². The zero-order valence-corrected chi connectivity index (χ0v) is 19.0. The van der Waals surface area contributed by atoms with Gasteiger partial charge in [0.15, 0.2) is 0 Å². The van der Waals surface area contributed by atoms with E-state index in [1.165, 1.54) is 19.2 Å². The molecule has 0 saturated heterocycles. The maximum absolute atomic E-state index is 13.2. The van der Waals surface area contributed by atoms with Crippen molar-refractivity contribution in [1.82, 2.24) is 4.31 Å². The van der Waals surface area contributed by atoms with Crippen LogP contribution in [0.1, 0.15) is 19.4 Å². The van der Waals surface area contributed by atoms with Crippen molar-refractivity contribution in [3.63, 3.8) is 0 Å². The summed E-state index contributed by atoms with van der Waals surface area (Å²) in [7, 11) is 1.50. The predicted molar refractivity (Wildman–Crippen MR) is 128 cm³/mol. The van der Waals surface area contributed by atoms with E-state index in [-0.39, 0.29) is 5.82 Å². The van der Waals surface area contributed by atoms with Gasteiger partial charge in [0.05, 0.1) is 6.54 Å². The Morgan fingerprint density at radius 3 is 2.30 bits per heavy atom. The van der Waals surface area contributed by atoms with Crippen LogP contribution < -0.4 is 16.4 Å². The van der Waals surface area contributed by atoms with Gasteiger partial charge >= 0.3 is 0 Å². The molecule has 3 aromatic rings. The second-order valence-electron chi connectivity index (χ2n) is 6.72. The van der Waals surface area contributed by atoms with Gasteiger partial charge in [-0.3, -0.25) is 0 Å². The van der Waals surface area contributed by atoms with Crippen molar-refractivity contribution in [3.8, 4) is 11.3 Å². The fourth-order valence-corrected chi connectivity index (χ4v) is 3.32. The molecule has 0 aliphatic heterocycles. The summed E-state index contributed by atoms with van der Waals surface area (Å²) in [5.74, 6) is 0.365. The number of rotatable bonds is 5. The van der Waals surface area contributed by atoms with Crippen LogP contribution in [0.5, 0.6) is 0 Å². The van der Waals surface area contributed by atoms with Crippen molar-refractivity contribution >= 4 is 37.1 Å². The molecule has 1 heterocycles. The van der Waals surface area contributed by atoms with E-state index in [1.807, 2.05) is 54.6 Å². The molecule has 0 amide bonds. The lowest BCUT2D eigenvalue weighted by Gasteiger charge is -2.20. The van der Waals surface area contributed by atoms with E-state index in [9.17, 15) is 4.39 Å². The molecule has 0 saturated carbocycles. The highest BCUT2D eigenvalue weighted by molar-refractivity contribution is 7.77. The summed E-state index contributed by atoms with van der Waals surface area (Å²) in [6.45, 7) is 8.71. The van der Waals surface area contributed by atoms with Gasteiger partial charge in [-0.05, 0) is 68.9 Å². The number of furan rings is 1. The van der Waals surface area contributed by atoms with Gasteiger partial charge in [-0.25, -0.2) is 4.39 Å². The van der Waals surface area contributed by atoms with Crippen molar-refractivity contribution in [2.24, 2.45) is 5.73 Å². The van der Waals surface area contributed by atoms with Gasteiger partial charge in [-0.2, -0.15) is 0 Å². The molecule has 0 unspecified atom stereocenters. The van der Waals surface area contributed by atoms with Gasteiger partial charge < -0.3 is 14.5 Å². The first-order valence-corrected chi connectivity index (χ1v) is 10.1. The molecule has 2 aromatic carbocycles. The highest BCUT2D eigenvalue weighted by atomic mass is 35.5. The van der Waals surface area contributed by atoms with Crippen LogP contribution in [0.3, 0.4) is 0 Å². The maximum atomic E-state index is 13.2. The molecule has 0 spiro atoms. The molecule has 0 fully saturated rings. The van der Waals surface area contributed by atoms with Gasteiger partial charge in [0.2, 0.25) is 0 Å². The Balaban J connectivity index is 0.00000155. The number of nitrogens with two attached hydrogens (primary N) is 1. The number of halogens is 2. The third kappa shape index (κ3) is 6.26. The zero-order chi connectivity index (χ0) is 22.3. The largest absolute Gasteiger partial charge is 0.456 e. The first-order valence-electron chi connectivity index (χ1n) is 9.36. The first-order chi connectivity index (χ1) is 14.3. The fraction of sp³-hybridized carbons (Fsp3) is 0.167. The average molecular weight is 445 g/mol.